The van der Waals surface area contributed by atoms with Crippen molar-refractivity contribution in [2.45, 2.75) is 6.92 Å². The fourth-order valence-electron chi connectivity index (χ4n) is 1.66. The molecule has 0 fully saturated rings. The van der Waals surface area contributed by atoms with Gasteiger partial charge in [0.15, 0.2) is 5.78 Å². The lowest BCUT2D eigenvalue weighted by Gasteiger charge is -1.97. The summed E-state index contributed by atoms with van der Waals surface area (Å²) in [6.07, 6.45) is 3.74. The first-order chi connectivity index (χ1) is 9.65. The number of nitrogens with zero attached hydrogens (tertiary/aromatic N) is 1. The van der Waals surface area contributed by atoms with Crippen molar-refractivity contribution >= 4 is 39.7 Å². The molecule has 2 nitrogen and oxygen atoms in total. The van der Waals surface area contributed by atoms with Gasteiger partial charge in [0.05, 0.1) is 5.69 Å². The van der Waals surface area contributed by atoms with Gasteiger partial charge in [-0.05, 0) is 58.8 Å². The summed E-state index contributed by atoms with van der Waals surface area (Å²) in [5.41, 5.74) is 2.62. The number of allylic oxidation sites excluding steroid dienone is 1. The highest BCUT2D eigenvalue weighted by molar-refractivity contribution is 9.12. The van der Waals surface area contributed by atoms with Gasteiger partial charge in [-0.25, -0.2) is 0 Å². The van der Waals surface area contributed by atoms with Crippen molar-refractivity contribution in [3.63, 3.8) is 0 Å². The third-order valence-electron chi connectivity index (χ3n) is 2.71. The first-order valence-corrected chi connectivity index (χ1v) is 7.02. The van der Waals surface area contributed by atoms with E-state index in [-0.39, 0.29) is 5.78 Å². The van der Waals surface area contributed by atoms with Crippen molar-refractivity contribution < 1.29 is 4.79 Å². The molecule has 0 saturated carbocycles. The number of halogens is 1. The van der Waals surface area contributed by atoms with Crippen LogP contribution in [0.3, 0.4) is 0 Å². The fraction of sp³-hybridized carbons (Fsp3) is 0.0588. The van der Waals surface area contributed by atoms with E-state index >= 15 is 0 Å². The molecule has 2 aromatic rings. The molecule has 0 spiro atoms. The number of hydrogen-bond acceptors (Lipinski definition) is 2. The minimum absolute atomic E-state index is 0.0608. The lowest BCUT2D eigenvalue weighted by Crippen LogP contribution is -1.89. The quantitative estimate of drug-likeness (QED) is 0.572. The predicted molar refractivity (Wildman–Crippen MR) is 87.9 cm³/mol. The molecule has 2 rings (SSSR count). The molecular weight excluding hydrogens is 314 g/mol. The molecule has 0 radical (unpaired) electrons. The summed E-state index contributed by atoms with van der Waals surface area (Å²) in [5.74, 6) is 0.0608. The zero-order valence-electron chi connectivity index (χ0n) is 11.1. The number of rotatable bonds is 4. The molecule has 0 N–H and O–H groups in total. The SMILES string of the molecule is CC(=O)c1ccc(N=C/C(Br)=C\c2ccccc2)cc1. The maximum Gasteiger partial charge on any atom is 0.159 e. The minimum atomic E-state index is 0.0608. The van der Waals surface area contributed by atoms with Crippen LogP contribution in [0.15, 0.2) is 64.1 Å². The molecule has 100 valence electrons. The Bertz CT molecular complexity index is 642. The molecule has 0 aliphatic carbocycles. The maximum absolute atomic E-state index is 11.2. The topological polar surface area (TPSA) is 29.4 Å². The van der Waals surface area contributed by atoms with Gasteiger partial charge >= 0.3 is 0 Å². The van der Waals surface area contributed by atoms with Crippen molar-refractivity contribution in [1.29, 1.82) is 0 Å². The molecule has 0 aliphatic heterocycles. The van der Waals surface area contributed by atoms with Gasteiger partial charge in [-0.15, -0.1) is 0 Å². The fourth-order valence-corrected chi connectivity index (χ4v) is 2.03. The summed E-state index contributed by atoms with van der Waals surface area (Å²) in [6.45, 7) is 1.55. The Kier molecular flexibility index (Phi) is 5.02. The minimum Gasteiger partial charge on any atom is -0.295 e. The summed E-state index contributed by atoms with van der Waals surface area (Å²) in [7, 11) is 0. The second-order valence-electron chi connectivity index (χ2n) is 4.30. The summed E-state index contributed by atoms with van der Waals surface area (Å²) in [6, 6.07) is 17.2. The Morgan fingerprint density at radius 3 is 2.30 bits per heavy atom. The largest absolute Gasteiger partial charge is 0.295 e. The highest BCUT2D eigenvalue weighted by Gasteiger charge is 1.97. The van der Waals surface area contributed by atoms with Crippen molar-refractivity contribution in [2.24, 2.45) is 4.99 Å². The average Bonchev–Trinajstić information content (AvgIpc) is 2.46. The van der Waals surface area contributed by atoms with Gasteiger partial charge < -0.3 is 0 Å². The molecule has 20 heavy (non-hydrogen) atoms. The van der Waals surface area contributed by atoms with Crippen LogP contribution < -0.4 is 0 Å². The summed E-state index contributed by atoms with van der Waals surface area (Å²) < 4.78 is 0.888. The van der Waals surface area contributed by atoms with Gasteiger partial charge in [-0.1, -0.05) is 30.3 Å². The van der Waals surface area contributed by atoms with E-state index in [1.165, 1.54) is 0 Å². The van der Waals surface area contributed by atoms with Crippen LogP contribution in [-0.4, -0.2) is 12.0 Å². The summed E-state index contributed by atoms with van der Waals surface area (Å²) >= 11 is 3.47. The van der Waals surface area contributed by atoms with Gasteiger partial charge in [0.2, 0.25) is 0 Å². The number of Topliss-reactive ketones (excluding diaryl/α,β-unsaturated/α-hetero) is 1. The zero-order valence-corrected chi connectivity index (χ0v) is 12.7. The first kappa shape index (κ1) is 14.4. The van der Waals surface area contributed by atoms with E-state index in [1.807, 2.05) is 48.5 Å². The van der Waals surface area contributed by atoms with Crippen molar-refractivity contribution in [2.75, 3.05) is 0 Å². The molecule has 0 saturated heterocycles. The highest BCUT2D eigenvalue weighted by atomic mass is 79.9. The Morgan fingerprint density at radius 1 is 1.05 bits per heavy atom. The Morgan fingerprint density at radius 2 is 1.70 bits per heavy atom. The molecule has 0 aromatic heterocycles. The van der Waals surface area contributed by atoms with E-state index in [2.05, 4.69) is 20.9 Å². The molecule has 0 atom stereocenters. The monoisotopic (exact) mass is 327 g/mol. The van der Waals surface area contributed by atoms with Gasteiger partial charge in [0, 0.05) is 16.3 Å². The number of carbonyl (C=O) groups is 1. The number of hydrogen-bond donors (Lipinski definition) is 0. The summed E-state index contributed by atoms with van der Waals surface area (Å²) in [5, 5.41) is 0. The van der Waals surface area contributed by atoms with Crippen LogP contribution >= 0.6 is 15.9 Å². The molecule has 0 unspecified atom stereocenters. The van der Waals surface area contributed by atoms with E-state index in [4.69, 9.17) is 0 Å². The van der Waals surface area contributed by atoms with Crippen LogP contribution in [0.5, 0.6) is 0 Å². The molecule has 0 bridgehead atoms. The van der Waals surface area contributed by atoms with E-state index in [1.54, 1.807) is 25.3 Å². The predicted octanol–water partition coefficient (Wildman–Crippen LogP) is 5.03. The van der Waals surface area contributed by atoms with Crippen LogP contribution in [0.25, 0.3) is 6.08 Å². The van der Waals surface area contributed by atoms with Crippen LogP contribution in [0, 0.1) is 0 Å². The van der Waals surface area contributed by atoms with E-state index in [0.29, 0.717) is 5.56 Å². The molecule has 0 heterocycles. The number of carbonyl (C=O) groups excluding carboxylic acids is 1. The molecule has 0 amide bonds. The average molecular weight is 328 g/mol. The second-order valence-corrected chi connectivity index (χ2v) is 5.22. The van der Waals surface area contributed by atoms with Crippen molar-refractivity contribution in [3.8, 4) is 0 Å². The van der Waals surface area contributed by atoms with Gasteiger partial charge in [-0.3, -0.25) is 9.79 Å². The highest BCUT2D eigenvalue weighted by Crippen LogP contribution is 2.15. The van der Waals surface area contributed by atoms with Crippen LogP contribution in [0.1, 0.15) is 22.8 Å². The van der Waals surface area contributed by atoms with Gasteiger partial charge in [0.1, 0.15) is 0 Å². The van der Waals surface area contributed by atoms with Crippen molar-refractivity contribution in [1.82, 2.24) is 0 Å². The molecular formula is C17H14BrNO. The Hall–Kier alpha value is -2.00. The van der Waals surface area contributed by atoms with Gasteiger partial charge in [-0.2, -0.15) is 0 Å². The molecule has 3 heteroatoms. The molecule has 2 aromatic carbocycles. The smallest absolute Gasteiger partial charge is 0.159 e. The van der Waals surface area contributed by atoms with Crippen LogP contribution in [0.2, 0.25) is 0 Å². The number of benzene rings is 2. The van der Waals surface area contributed by atoms with E-state index < -0.39 is 0 Å². The second kappa shape index (κ2) is 6.96. The third kappa shape index (κ3) is 4.28. The normalized spacial score (nSPS) is 11.8. The number of aliphatic imine (C=N–C) groups is 1. The van der Waals surface area contributed by atoms with E-state index in [0.717, 1.165) is 15.7 Å². The standard InChI is InChI=1S/C17H14BrNO/c1-13(20)15-7-9-17(10-8-15)19-12-16(18)11-14-5-3-2-4-6-14/h2-12H,1H3/b16-11+,19-12?. The maximum atomic E-state index is 11.2. The Balaban J connectivity index is 2.09. The van der Waals surface area contributed by atoms with Crippen molar-refractivity contribution in [3.05, 3.63) is 70.2 Å². The zero-order chi connectivity index (χ0) is 14.4. The third-order valence-corrected chi connectivity index (χ3v) is 3.15. The lowest BCUT2D eigenvalue weighted by molar-refractivity contribution is 0.101. The van der Waals surface area contributed by atoms with Gasteiger partial charge in [0.25, 0.3) is 0 Å². The Labute approximate surface area is 127 Å². The number of ketones is 1. The summed E-state index contributed by atoms with van der Waals surface area (Å²) in [4.78, 5) is 15.5. The van der Waals surface area contributed by atoms with E-state index in [9.17, 15) is 4.79 Å². The first-order valence-electron chi connectivity index (χ1n) is 6.22. The lowest BCUT2D eigenvalue weighted by atomic mass is 10.1. The molecule has 0 aliphatic rings. The van der Waals surface area contributed by atoms with Crippen LogP contribution in [-0.2, 0) is 0 Å². The van der Waals surface area contributed by atoms with Crippen LogP contribution in [0.4, 0.5) is 5.69 Å².